The second-order valence-electron chi connectivity index (χ2n) is 13.5. The molecule has 5 rings (SSSR count). The molecule has 1 unspecified atom stereocenters. The monoisotopic (exact) mass is 620 g/mol. The van der Waals surface area contributed by atoms with Crippen LogP contribution in [0.15, 0.2) is 81.7 Å². The van der Waals surface area contributed by atoms with E-state index < -0.39 is 9.52 Å². The van der Waals surface area contributed by atoms with Crippen LogP contribution in [-0.4, -0.2) is 82.5 Å². The summed E-state index contributed by atoms with van der Waals surface area (Å²) in [6.45, 7) is 13.7. The Labute approximate surface area is 264 Å². The molecule has 1 aliphatic carbocycles. The van der Waals surface area contributed by atoms with Crippen LogP contribution in [0.1, 0.15) is 59.3 Å². The Hall–Kier alpha value is -3.10. The van der Waals surface area contributed by atoms with Gasteiger partial charge in [-0.05, 0) is 105 Å². The highest BCUT2D eigenvalue weighted by Crippen LogP contribution is 2.34. The van der Waals surface area contributed by atoms with Crippen molar-refractivity contribution in [3.63, 3.8) is 0 Å². The van der Waals surface area contributed by atoms with Gasteiger partial charge in [-0.25, -0.2) is 4.39 Å². The minimum absolute atomic E-state index is 0.259. The molecule has 2 heterocycles. The minimum atomic E-state index is -2.70. The van der Waals surface area contributed by atoms with Crippen LogP contribution < -0.4 is 5.32 Å². The lowest BCUT2D eigenvalue weighted by atomic mass is 9.81. The molecule has 1 amide bonds. The van der Waals surface area contributed by atoms with E-state index >= 15 is 0 Å². The Morgan fingerprint density at radius 2 is 1.52 bits per heavy atom. The molecular weight excluding hydrogens is 571 g/mol. The molecule has 2 aromatic carbocycles. The summed E-state index contributed by atoms with van der Waals surface area (Å²) in [7, 11) is -2.70. The summed E-state index contributed by atoms with van der Waals surface area (Å²) >= 11 is 0. The molecule has 3 aliphatic rings. The molecule has 44 heavy (non-hydrogen) atoms. The van der Waals surface area contributed by atoms with Crippen LogP contribution in [0, 0.1) is 11.2 Å². The summed E-state index contributed by atoms with van der Waals surface area (Å²) in [4.78, 5) is 21.2. The average Bonchev–Trinajstić information content (AvgIpc) is 3.02. The van der Waals surface area contributed by atoms with E-state index in [-0.39, 0.29) is 23.2 Å². The number of hydrogen-bond acceptors (Lipinski definition) is 5. The van der Waals surface area contributed by atoms with Crippen LogP contribution in [-0.2, 0) is 14.3 Å². The van der Waals surface area contributed by atoms with Crippen molar-refractivity contribution in [3.05, 3.63) is 77.8 Å². The number of amides is 1. The number of nitrogens with one attached hydrogen (secondary N) is 1. The van der Waals surface area contributed by atoms with Crippen LogP contribution >= 0.6 is 0 Å². The van der Waals surface area contributed by atoms with Gasteiger partial charge in [0.1, 0.15) is 5.82 Å². The molecule has 1 N–H and O–H groups in total. The Kier molecular flexibility index (Phi) is 10.2. The fourth-order valence-corrected chi connectivity index (χ4v) is 7.88. The van der Waals surface area contributed by atoms with Crippen molar-refractivity contribution in [2.45, 2.75) is 75.1 Å². The molecule has 6 nitrogen and oxygen atoms in total. The Balaban J connectivity index is 0.992. The first kappa shape index (κ1) is 32.3. The maximum absolute atomic E-state index is 13.3. The summed E-state index contributed by atoms with van der Waals surface area (Å²) in [6.07, 6.45) is 10.3. The summed E-state index contributed by atoms with van der Waals surface area (Å²) in [6, 6.07) is 13.5. The van der Waals surface area contributed by atoms with Gasteiger partial charge >= 0.3 is 0 Å². The van der Waals surface area contributed by atoms with E-state index in [0.29, 0.717) is 16.2 Å². The molecule has 0 aromatic heterocycles. The molecule has 2 aromatic rings. The lowest BCUT2D eigenvalue weighted by molar-refractivity contribution is -0.132. The summed E-state index contributed by atoms with van der Waals surface area (Å²) in [5.41, 5.74) is 4.24. The van der Waals surface area contributed by atoms with Gasteiger partial charge in [-0.3, -0.25) is 13.9 Å². The number of rotatable bonds is 9. The lowest BCUT2D eigenvalue weighted by Gasteiger charge is -2.39. The number of nitrogens with zero attached hydrogens (tertiary/aromatic N) is 3. The number of piperazine rings is 1. The third kappa shape index (κ3) is 8.13. The van der Waals surface area contributed by atoms with Crippen molar-refractivity contribution in [2.24, 2.45) is 5.41 Å². The first-order valence-electron chi connectivity index (χ1n) is 16.1. The number of benzene rings is 2. The smallest absolute Gasteiger partial charge is 0.222 e. The Morgan fingerprint density at radius 3 is 2.09 bits per heavy atom. The van der Waals surface area contributed by atoms with E-state index in [4.69, 9.17) is 0 Å². The molecule has 0 saturated carbocycles. The Bertz CT molecular complexity index is 1440. The fraction of sp³-hybridized carbons (Fsp3) is 0.500. The number of hydrogen-bond donors (Lipinski definition) is 1. The molecule has 0 spiro atoms. The van der Waals surface area contributed by atoms with Gasteiger partial charge in [0.15, 0.2) is 0 Å². The first-order valence-corrected chi connectivity index (χ1v) is 17.9. The SMILES string of the molecule is C=S(=O)(c1ccc(F)cc1)c1ccc(NC2CCN(C(=O)CCCN3CCN(C4=CC=C(C(C)(C)C)CC4)CC3)CC2)cc1. The molecule has 2 aliphatic heterocycles. The maximum Gasteiger partial charge on any atom is 0.222 e. The maximum atomic E-state index is 13.3. The van der Waals surface area contributed by atoms with Gasteiger partial charge in [0.25, 0.3) is 0 Å². The highest BCUT2D eigenvalue weighted by Gasteiger charge is 2.25. The zero-order chi connectivity index (χ0) is 31.3. The van der Waals surface area contributed by atoms with Gasteiger partial charge < -0.3 is 15.1 Å². The molecule has 1 atom stereocenters. The molecule has 8 heteroatoms. The predicted molar refractivity (Wildman–Crippen MR) is 180 cm³/mol. The van der Waals surface area contributed by atoms with Crippen LogP contribution in [0.25, 0.3) is 0 Å². The predicted octanol–water partition coefficient (Wildman–Crippen LogP) is 6.41. The summed E-state index contributed by atoms with van der Waals surface area (Å²) in [5, 5.41) is 3.57. The molecular formula is C36H49FN4O2S. The molecule has 0 radical (unpaired) electrons. The van der Waals surface area contributed by atoms with Crippen molar-refractivity contribution >= 4 is 27.0 Å². The third-order valence-electron chi connectivity index (χ3n) is 9.38. The van der Waals surface area contributed by atoms with E-state index in [1.807, 2.05) is 29.2 Å². The van der Waals surface area contributed by atoms with E-state index in [1.54, 1.807) is 5.57 Å². The van der Waals surface area contributed by atoms with Crippen LogP contribution in [0.4, 0.5) is 10.1 Å². The number of carbonyl (C=O) groups is 1. The highest BCUT2D eigenvalue weighted by atomic mass is 32.2. The van der Waals surface area contributed by atoms with Gasteiger partial charge in [-0.15, -0.1) is 0 Å². The van der Waals surface area contributed by atoms with Crippen LogP contribution in [0.3, 0.4) is 0 Å². The van der Waals surface area contributed by atoms with E-state index in [0.717, 1.165) is 77.2 Å². The number of likely N-dealkylation sites (tertiary alicyclic amines) is 1. The third-order valence-corrected chi connectivity index (χ3v) is 11.4. The summed E-state index contributed by atoms with van der Waals surface area (Å²) in [5.74, 6) is 3.84. The molecule has 2 fully saturated rings. The second kappa shape index (κ2) is 13.9. The van der Waals surface area contributed by atoms with E-state index in [2.05, 4.69) is 53.9 Å². The normalized spacial score (nSPS) is 20.1. The number of halogens is 1. The van der Waals surface area contributed by atoms with E-state index in [9.17, 15) is 13.4 Å². The van der Waals surface area contributed by atoms with Gasteiger partial charge in [0.05, 0.1) is 0 Å². The topological polar surface area (TPSA) is 55.9 Å². The standard InChI is InChI=1S/C36H49FN4O2S/c1-36(2,3)28-7-13-32(14-8-28)40-26-24-39(25-27-40)21-5-6-35(42)41-22-19-31(20-23-41)38-30-11-17-34(18-12-30)44(4,43)33-15-9-29(37)10-16-33/h7,9-13,15-18,31,38H,4-6,8,14,19-27H2,1-3H3. The summed E-state index contributed by atoms with van der Waals surface area (Å²) < 4.78 is 26.6. The first-order chi connectivity index (χ1) is 21.0. The van der Waals surface area contributed by atoms with Crippen molar-refractivity contribution < 1.29 is 13.4 Å². The van der Waals surface area contributed by atoms with E-state index in [1.165, 1.54) is 36.4 Å². The largest absolute Gasteiger partial charge is 0.382 e. The van der Waals surface area contributed by atoms with Gasteiger partial charge in [-0.2, -0.15) is 0 Å². The van der Waals surface area contributed by atoms with Crippen molar-refractivity contribution in [1.29, 1.82) is 0 Å². The zero-order valence-corrected chi connectivity index (χ0v) is 27.5. The zero-order valence-electron chi connectivity index (χ0n) is 26.7. The number of anilines is 1. The molecule has 238 valence electrons. The van der Waals surface area contributed by atoms with Crippen molar-refractivity contribution in [1.82, 2.24) is 14.7 Å². The lowest BCUT2D eigenvalue weighted by Crippen LogP contribution is -2.46. The van der Waals surface area contributed by atoms with Gasteiger partial charge in [0.2, 0.25) is 5.91 Å². The average molecular weight is 621 g/mol. The van der Waals surface area contributed by atoms with Crippen molar-refractivity contribution in [2.75, 3.05) is 51.1 Å². The Morgan fingerprint density at radius 1 is 0.909 bits per heavy atom. The number of carbonyl (C=O) groups excluding carboxylic acids is 1. The van der Waals surface area contributed by atoms with Crippen LogP contribution in [0.5, 0.6) is 0 Å². The molecule has 0 bridgehead atoms. The second-order valence-corrected chi connectivity index (χ2v) is 15.8. The molecule has 2 saturated heterocycles. The highest BCUT2D eigenvalue weighted by molar-refractivity contribution is 8.00. The fourth-order valence-electron chi connectivity index (χ4n) is 6.46. The number of piperidine rings is 1. The van der Waals surface area contributed by atoms with Crippen molar-refractivity contribution in [3.8, 4) is 0 Å². The van der Waals surface area contributed by atoms with Gasteiger partial charge in [-0.1, -0.05) is 32.4 Å². The quantitative estimate of drug-likeness (QED) is 0.329. The van der Waals surface area contributed by atoms with Crippen LogP contribution in [0.2, 0.25) is 0 Å². The van der Waals surface area contributed by atoms with Gasteiger partial charge in [0, 0.05) is 82.4 Å². The number of allylic oxidation sites excluding steroid dienone is 4. The minimum Gasteiger partial charge on any atom is -0.382 e.